The molecule has 0 bridgehead atoms. The zero-order valence-corrected chi connectivity index (χ0v) is 10.7. The number of aliphatic hydroxyl groups is 2. The molecule has 2 aromatic heterocycles. The summed E-state index contributed by atoms with van der Waals surface area (Å²) in [6.07, 6.45) is 1.28. The van der Waals surface area contributed by atoms with Gasteiger partial charge in [0.1, 0.15) is 24.5 Å². The highest BCUT2D eigenvalue weighted by molar-refractivity contribution is 5.82. The van der Waals surface area contributed by atoms with Crippen LogP contribution >= 0.6 is 0 Å². The zero-order valence-electron chi connectivity index (χ0n) is 10.7. The Balaban J connectivity index is 1.88. The average Bonchev–Trinajstić information content (AvgIpc) is 2.98. The molecule has 4 atom stereocenters. The van der Waals surface area contributed by atoms with E-state index in [1.54, 1.807) is 0 Å². The topological polar surface area (TPSA) is 119 Å². The van der Waals surface area contributed by atoms with Crippen molar-refractivity contribution in [2.75, 3.05) is 12.3 Å². The first-order chi connectivity index (χ1) is 9.70. The number of aliphatic hydroxyl groups excluding tert-OH is 2. The highest BCUT2D eigenvalue weighted by Crippen LogP contribution is 2.43. The number of rotatable bonds is 1. The van der Waals surface area contributed by atoms with Crippen LogP contribution < -0.4 is 5.73 Å². The predicted octanol–water partition coefficient (Wildman–Crippen LogP) is -0.779. The molecule has 0 saturated carbocycles. The van der Waals surface area contributed by atoms with E-state index >= 15 is 0 Å². The van der Waals surface area contributed by atoms with Crippen molar-refractivity contribution in [1.29, 1.82) is 0 Å². The van der Waals surface area contributed by atoms with E-state index in [4.69, 9.17) is 10.5 Å². The SMILES string of the molecule is Nc1ncnc2c1nc1n2[C@@H]2O[C@H](CO)[C@@H](O)[C@H]2CC1. The number of anilines is 1. The second-order valence-corrected chi connectivity index (χ2v) is 5.27. The second-order valence-electron chi connectivity index (χ2n) is 5.27. The maximum absolute atomic E-state index is 10.2. The Morgan fingerprint density at radius 2 is 2.30 bits per heavy atom. The van der Waals surface area contributed by atoms with Crippen molar-refractivity contribution in [2.45, 2.75) is 31.3 Å². The largest absolute Gasteiger partial charge is 0.394 e. The van der Waals surface area contributed by atoms with Crippen LogP contribution in [0.3, 0.4) is 0 Å². The molecule has 2 aliphatic heterocycles. The summed E-state index contributed by atoms with van der Waals surface area (Å²) in [4.78, 5) is 12.7. The predicted molar refractivity (Wildman–Crippen MR) is 68.5 cm³/mol. The first-order valence-corrected chi connectivity index (χ1v) is 6.62. The Morgan fingerprint density at radius 1 is 1.45 bits per heavy atom. The number of hydrogen-bond donors (Lipinski definition) is 3. The number of nitrogens with two attached hydrogens (primary N) is 1. The van der Waals surface area contributed by atoms with E-state index in [0.29, 0.717) is 17.0 Å². The first kappa shape index (κ1) is 12.0. The van der Waals surface area contributed by atoms with E-state index in [-0.39, 0.29) is 18.8 Å². The lowest BCUT2D eigenvalue weighted by Gasteiger charge is -2.27. The second kappa shape index (κ2) is 4.11. The number of nitrogen functional groups attached to an aromatic ring is 1. The van der Waals surface area contributed by atoms with Gasteiger partial charge in [-0.1, -0.05) is 0 Å². The highest BCUT2D eigenvalue weighted by atomic mass is 16.5. The summed E-state index contributed by atoms with van der Waals surface area (Å²) in [5.41, 5.74) is 7.01. The van der Waals surface area contributed by atoms with Crippen LogP contribution in [0.4, 0.5) is 5.82 Å². The Bertz CT molecular complexity index is 672. The quantitative estimate of drug-likeness (QED) is 0.625. The molecule has 0 spiro atoms. The van der Waals surface area contributed by atoms with Crippen molar-refractivity contribution in [3.8, 4) is 0 Å². The van der Waals surface area contributed by atoms with E-state index in [1.807, 2.05) is 4.57 Å². The molecular formula is C12H15N5O3. The molecular weight excluding hydrogens is 262 g/mol. The molecule has 106 valence electrons. The molecule has 2 aliphatic rings. The van der Waals surface area contributed by atoms with Gasteiger partial charge in [-0.15, -0.1) is 0 Å². The molecule has 0 aromatic carbocycles. The average molecular weight is 277 g/mol. The van der Waals surface area contributed by atoms with Crippen LogP contribution in [0.15, 0.2) is 6.33 Å². The number of aryl methyl sites for hydroxylation is 1. The molecule has 8 heteroatoms. The summed E-state index contributed by atoms with van der Waals surface area (Å²) in [7, 11) is 0. The fraction of sp³-hybridized carbons (Fsp3) is 0.583. The van der Waals surface area contributed by atoms with Gasteiger partial charge in [0.05, 0.1) is 12.7 Å². The number of nitrogens with zero attached hydrogens (tertiary/aromatic N) is 4. The molecule has 0 radical (unpaired) electrons. The standard InChI is InChI=1S/C12H15N5O3/c13-10-8-11(15-4-14-10)17-7(16-8)2-1-5-9(19)6(3-18)20-12(5)17/h4-6,9,12,18-19H,1-3H2,(H2,13,14,15)/t5-,6-,9+,12-/m1/s1. The summed E-state index contributed by atoms with van der Waals surface area (Å²) in [5.74, 6) is 1.11. The minimum absolute atomic E-state index is 0.0618. The van der Waals surface area contributed by atoms with Crippen LogP contribution in [0.5, 0.6) is 0 Å². The molecule has 8 nitrogen and oxygen atoms in total. The lowest BCUT2D eigenvalue weighted by Crippen LogP contribution is -2.31. The van der Waals surface area contributed by atoms with E-state index < -0.39 is 12.2 Å². The summed E-state index contributed by atoms with van der Waals surface area (Å²) in [5, 5.41) is 19.5. The van der Waals surface area contributed by atoms with E-state index in [0.717, 1.165) is 18.7 Å². The molecule has 1 fully saturated rings. The molecule has 2 aromatic rings. The minimum Gasteiger partial charge on any atom is -0.394 e. The molecule has 4 N–H and O–H groups in total. The van der Waals surface area contributed by atoms with Crippen molar-refractivity contribution in [3.05, 3.63) is 12.2 Å². The van der Waals surface area contributed by atoms with Gasteiger partial charge in [-0.25, -0.2) is 15.0 Å². The number of hydrogen-bond acceptors (Lipinski definition) is 7. The third-order valence-corrected chi connectivity index (χ3v) is 4.21. The summed E-state index contributed by atoms with van der Waals surface area (Å²) in [6, 6.07) is 0. The normalized spacial score (nSPS) is 32.3. The van der Waals surface area contributed by atoms with Crippen LogP contribution in [0.2, 0.25) is 0 Å². The van der Waals surface area contributed by atoms with Crippen molar-refractivity contribution in [3.63, 3.8) is 0 Å². The molecule has 4 heterocycles. The van der Waals surface area contributed by atoms with Gasteiger partial charge in [-0.3, -0.25) is 4.57 Å². The van der Waals surface area contributed by atoms with Gasteiger partial charge in [-0.2, -0.15) is 0 Å². The van der Waals surface area contributed by atoms with Gasteiger partial charge < -0.3 is 20.7 Å². The Labute approximate surface area is 114 Å². The number of imidazole rings is 1. The molecule has 0 amide bonds. The number of ether oxygens (including phenoxy) is 1. The highest BCUT2D eigenvalue weighted by Gasteiger charge is 2.47. The van der Waals surface area contributed by atoms with Gasteiger partial charge in [-0.05, 0) is 6.42 Å². The smallest absolute Gasteiger partial charge is 0.167 e. The van der Waals surface area contributed by atoms with Gasteiger partial charge in [0.15, 0.2) is 17.0 Å². The molecule has 4 rings (SSSR count). The molecule has 20 heavy (non-hydrogen) atoms. The van der Waals surface area contributed by atoms with E-state index in [9.17, 15) is 10.2 Å². The number of fused-ring (bicyclic) bond motifs is 5. The van der Waals surface area contributed by atoms with Gasteiger partial charge in [0, 0.05) is 12.3 Å². The van der Waals surface area contributed by atoms with Gasteiger partial charge in [0.25, 0.3) is 0 Å². The van der Waals surface area contributed by atoms with E-state index in [1.165, 1.54) is 6.33 Å². The number of aromatic nitrogens is 4. The summed E-state index contributed by atoms with van der Waals surface area (Å²) < 4.78 is 7.66. The van der Waals surface area contributed by atoms with Crippen LogP contribution in [0.1, 0.15) is 18.5 Å². The lowest BCUT2D eigenvalue weighted by atomic mass is 9.92. The third-order valence-electron chi connectivity index (χ3n) is 4.21. The first-order valence-electron chi connectivity index (χ1n) is 6.62. The zero-order chi connectivity index (χ0) is 13.9. The molecule has 0 unspecified atom stereocenters. The monoisotopic (exact) mass is 277 g/mol. The Hall–Kier alpha value is -1.77. The van der Waals surface area contributed by atoms with Crippen LogP contribution in [0, 0.1) is 5.92 Å². The fourth-order valence-electron chi connectivity index (χ4n) is 3.23. The van der Waals surface area contributed by atoms with E-state index in [2.05, 4.69) is 15.0 Å². The summed E-state index contributed by atoms with van der Waals surface area (Å²) >= 11 is 0. The fourth-order valence-corrected chi connectivity index (χ4v) is 3.23. The Morgan fingerprint density at radius 3 is 3.10 bits per heavy atom. The van der Waals surface area contributed by atoms with Crippen molar-refractivity contribution in [1.82, 2.24) is 19.5 Å². The third kappa shape index (κ3) is 1.43. The van der Waals surface area contributed by atoms with Crippen molar-refractivity contribution in [2.24, 2.45) is 5.92 Å². The maximum Gasteiger partial charge on any atom is 0.167 e. The van der Waals surface area contributed by atoms with Crippen LogP contribution in [0.25, 0.3) is 11.2 Å². The Kier molecular flexibility index (Phi) is 2.47. The lowest BCUT2D eigenvalue weighted by molar-refractivity contribution is -0.0480. The summed E-state index contributed by atoms with van der Waals surface area (Å²) in [6.45, 7) is -0.201. The van der Waals surface area contributed by atoms with Gasteiger partial charge in [0.2, 0.25) is 0 Å². The molecule has 1 saturated heterocycles. The van der Waals surface area contributed by atoms with Gasteiger partial charge >= 0.3 is 0 Å². The molecule has 0 aliphatic carbocycles. The van der Waals surface area contributed by atoms with Crippen LogP contribution in [-0.2, 0) is 11.2 Å². The van der Waals surface area contributed by atoms with Crippen molar-refractivity contribution < 1.29 is 14.9 Å². The van der Waals surface area contributed by atoms with Crippen LogP contribution in [-0.4, -0.2) is 48.5 Å². The maximum atomic E-state index is 10.2. The van der Waals surface area contributed by atoms with Crippen molar-refractivity contribution >= 4 is 17.0 Å². The minimum atomic E-state index is -0.671.